The summed E-state index contributed by atoms with van der Waals surface area (Å²) in [5.74, 6) is 1.66. The first-order chi connectivity index (χ1) is 7.37. The van der Waals surface area contributed by atoms with E-state index >= 15 is 0 Å². The maximum Gasteiger partial charge on any atom is 0.00804 e. The molecule has 1 nitrogen and oxygen atoms in total. The number of nitrogens with two attached hydrogens (primary N) is 1. The third kappa shape index (κ3) is 1.92. The molecular weight excluding hydrogens is 194 g/mol. The van der Waals surface area contributed by atoms with Gasteiger partial charge in [-0.25, -0.2) is 0 Å². The van der Waals surface area contributed by atoms with E-state index in [1.807, 2.05) is 0 Å². The lowest BCUT2D eigenvalue weighted by atomic mass is 9.83. The van der Waals surface area contributed by atoms with Crippen molar-refractivity contribution in [3.8, 4) is 0 Å². The van der Waals surface area contributed by atoms with Crippen molar-refractivity contribution < 1.29 is 0 Å². The standard InChI is InChI=1S/C15H29N/c1-14(2)13(15(14,3)4)12(16)10-11-8-6-5-7-9-11/h11-13H,5-10,16H2,1-4H3. The van der Waals surface area contributed by atoms with E-state index < -0.39 is 0 Å². The largest absolute Gasteiger partial charge is 0.327 e. The Morgan fingerprint density at radius 3 is 1.94 bits per heavy atom. The predicted octanol–water partition coefficient (Wildman–Crippen LogP) is 3.97. The summed E-state index contributed by atoms with van der Waals surface area (Å²) >= 11 is 0. The van der Waals surface area contributed by atoms with Gasteiger partial charge in [-0.15, -0.1) is 0 Å². The van der Waals surface area contributed by atoms with Gasteiger partial charge in [-0.2, -0.15) is 0 Å². The summed E-state index contributed by atoms with van der Waals surface area (Å²) in [6.45, 7) is 9.55. The van der Waals surface area contributed by atoms with Gasteiger partial charge < -0.3 is 5.73 Å². The lowest BCUT2D eigenvalue weighted by Gasteiger charge is -2.25. The van der Waals surface area contributed by atoms with Crippen LogP contribution in [0, 0.1) is 22.7 Å². The van der Waals surface area contributed by atoms with Gasteiger partial charge in [0.15, 0.2) is 0 Å². The highest BCUT2D eigenvalue weighted by atomic mass is 14.8. The number of rotatable bonds is 3. The van der Waals surface area contributed by atoms with E-state index in [2.05, 4.69) is 27.7 Å². The molecule has 0 saturated heterocycles. The molecular formula is C15H29N. The minimum absolute atomic E-state index is 0.438. The van der Waals surface area contributed by atoms with E-state index in [0.29, 0.717) is 16.9 Å². The first-order valence-corrected chi connectivity index (χ1v) is 7.13. The average molecular weight is 223 g/mol. The van der Waals surface area contributed by atoms with Crippen molar-refractivity contribution >= 4 is 0 Å². The number of hydrogen-bond acceptors (Lipinski definition) is 1. The third-order valence-corrected chi connectivity index (χ3v) is 5.89. The molecule has 16 heavy (non-hydrogen) atoms. The van der Waals surface area contributed by atoms with Crippen molar-refractivity contribution in [2.24, 2.45) is 28.4 Å². The molecule has 0 radical (unpaired) electrons. The summed E-state index contributed by atoms with van der Waals surface area (Å²) in [6, 6.07) is 0.438. The van der Waals surface area contributed by atoms with Gasteiger partial charge in [0.2, 0.25) is 0 Å². The van der Waals surface area contributed by atoms with Crippen molar-refractivity contribution in [1.29, 1.82) is 0 Å². The normalized spacial score (nSPS) is 31.3. The van der Waals surface area contributed by atoms with Crippen LogP contribution in [-0.4, -0.2) is 6.04 Å². The van der Waals surface area contributed by atoms with Crippen LogP contribution in [0.5, 0.6) is 0 Å². The van der Waals surface area contributed by atoms with Gasteiger partial charge >= 0.3 is 0 Å². The third-order valence-electron chi connectivity index (χ3n) is 5.89. The van der Waals surface area contributed by atoms with Gasteiger partial charge in [0.25, 0.3) is 0 Å². The van der Waals surface area contributed by atoms with Crippen LogP contribution in [0.2, 0.25) is 0 Å². The number of hydrogen-bond donors (Lipinski definition) is 1. The molecule has 0 aromatic carbocycles. The van der Waals surface area contributed by atoms with Crippen LogP contribution in [0.15, 0.2) is 0 Å². The van der Waals surface area contributed by atoms with E-state index in [9.17, 15) is 0 Å². The minimum Gasteiger partial charge on any atom is -0.327 e. The summed E-state index contributed by atoms with van der Waals surface area (Å²) in [7, 11) is 0. The molecule has 1 atom stereocenters. The van der Waals surface area contributed by atoms with Crippen molar-refractivity contribution in [1.82, 2.24) is 0 Å². The summed E-state index contributed by atoms with van der Waals surface area (Å²) in [5, 5.41) is 0. The molecule has 2 aliphatic rings. The molecule has 2 rings (SSSR count). The predicted molar refractivity (Wildman–Crippen MR) is 70.2 cm³/mol. The summed E-state index contributed by atoms with van der Waals surface area (Å²) in [5.41, 5.74) is 7.38. The van der Waals surface area contributed by atoms with Crippen LogP contribution in [0.25, 0.3) is 0 Å². The van der Waals surface area contributed by atoms with Crippen LogP contribution in [0.3, 0.4) is 0 Å². The molecule has 0 spiro atoms. The second-order valence-electron chi connectivity index (χ2n) is 7.32. The van der Waals surface area contributed by atoms with Crippen molar-refractivity contribution in [3.05, 3.63) is 0 Å². The molecule has 1 heteroatoms. The van der Waals surface area contributed by atoms with Crippen LogP contribution >= 0.6 is 0 Å². The molecule has 0 heterocycles. The summed E-state index contributed by atoms with van der Waals surface area (Å²) < 4.78 is 0. The van der Waals surface area contributed by atoms with E-state index in [0.717, 1.165) is 11.8 Å². The Balaban J connectivity index is 1.87. The monoisotopic (exact) mass is 223 g/mol. The first-order valence-electron chi connectivity index (χ1n) is 7.13. The molecule has 94 valence electrons. The Hall–Kier alpha value is -0.0400. The highest BCUT2D eigenvalue weighted by molar-refractivity contribution is 5.15. The Morgan fingerprint density at radius 1 is 1.00 bits per heavy atom. The topological polar surface area (TPSA) is 26.0 Å². The molecule has 2 aliphatic carbocycles. The van der Waals surface area contributed by atoms with Crippen molar-refractivity contribution in [2.45, 2.75) is 72.3 Å². The zero-order valence-electron chi connectivity index (χ0n) is 11.6. The van der Waals surface area contributed by atoms with Gasteiger partial charge in [-0.05, 0) is 29.1 Å². The highest BCUT2D eigenvalue weighted by Gasteiger charge is 2.66. The molecule has 0 aromatic heterocycles. The molecule has 2 fully saturated rings. The summed E-state index contributed by atoms with van der Waals surface area (Å²) in [4.78, 5) is 0. The Labute approximate surface area is 101 Å². The highest BCUT2D eigenvalue weighted by Crippen LogP contribution is 2.69. The molecule has 0 aliphatic heterocycles. The Morgan fingerprint density at radius 2 is 1.50 bits per heavy atom. The Kier molecular flexibility index (Phi) is 3.11. The zero-order chi connectivity index (χ0) is 12.0. The lowest BCUT2D eigenvalue weighted by molar-refractivity contribution is 0.294. The van der Waals surface area contributed by atoms with Crippen LogP contribution in [0.4, 0.5) is 0 Å². The fourth-order valence-corrected chi connectivity index (χ4v) is 4.26. The van der Waals surface area contributed by atoms with Crippen LogP contribution < -0.4 is 5.73 Å². The van der Waals surface area contributed by atoms with Crippen molar-refractivity contribution in [3.63, 3.8) is 0 Å². The molecule has 0 amide bonds. The first kappa shape index (κ1) is 12.4. The second kappa shape index (κ2) is 4.01. The zero-order valence-corrected chi connectivity index (χ0v) is 11.6. The van der Waals surface area contributed by atoms with Crippen LogP contribution in [-0.2, 0) is 0 Å². The maximum absolute atomic E-state index is 6.46. The van der Waals surface area contributed by atoms with Crippen LogP contribution in [0.1, 0.15) is 66.2 Å². The SMILES string of the molecule is CC1(C)C(C(N)CC2CCCCC2)C1(C)C. The van der Waals surface area contributed by atoms with E-state index in [1.165, 1.54) is 38.5 Å². The summed E-state index contributed by atoms with van der Waals surface area (Å²) in [6.07, 6.45) is 8.47. The van der Waals surface area contributed by atoms with Gasteiger partial charge in [-0.3, -0.25) is 0 Å². The molecule has 2 saturated carbocycles. The quantitative estimate of drug-likeness (QED) is 0.770. The molecule has 0 aromatic rings. The molecule has 1 unspecified atom stereocenters. The molecule has 2 N–H and O–H groups in total. The Bertz CT molecular complexity index is 234. The second-order valence-corrected chi connectivity index (χ2v) is 7.32. The maximum atomic E-state index is 6.46. The average Bonchev–Trinajstić information content (AvgIpc) is 2.58. The van der Waals surface area contributed by atoms with Gasteiger partial charge in [0.05, 0.1) is 0 Å². The minimum atomic E-state index is 0.438. The smallest absolute Gasteiger partial charge is 0.00804 e. The lowest BCUT2D eigenvalue weighted by Crippen LogP contribution is -2.29. The van der Waals surface area contributed by atoms with Gasteiger partial charge in [-0.1, -0.05) is 59.8 Å². The van der Waals surface area contributed by atoms with Crippen molar-refractivity contribution in [2.75, 3.05) is 0 Å². The molecule has 0 bridgehead atoms. The van der Waals surface area contributed by atoms with Gasteiger partial charge in [0.1, 0.15) is 0 Å². The van der Waals surface area contributed by atoms with E-state index in [-0.39, 0.29) is 0 Å². The van der Waals surface area contributed by atoms with Gasteiger partial charge in [0, 0.05) is 6.04 Å². The van der Waals surface area contributed by atoms with E-state index in [1.54, 1.807) is 0 Å². The fourth-order valence-electron chi connectivity index (χ4n) is 4.26. The fraction of sp³-hybridized carbons (Fsp3) is 1.00. The van der Waals surface area contributed by atoms with E-state index in [4.69, 9.17) is 5.73 Å².